The number of nitro groups is 1. The molecule has 6 heteroatoms. The van der Waals surface area contributed by atoms with Crippen LogP contribution >= 0.6 is 0 Å². The second kappa shape index (κ2) is 5.88. The van der Waals surface area contributed by atoms with Gasteiger partial charge in [0.25, 0.3) is 5.69 Å². The van der Waals surface area contributed by atoms with E-state index in [1.807, 2.05) is 6.07 Å². The molecular weight excluding hydrogens is 258 g/mol. The SMILES string of the molecule is CC1(CNc2ccc([N+](=O)[O-])cc2C#N)CCOCC1. The third-order valence-corrected chi connectivity index (χ3v) is 3.74. The zero-order chi connectivity index (χ0) is 14.6. The molecule has 0 spiro atoms. The van der Waals surface area contributed by atoms with Crippen molar-refractivity contribution in [2.75, 3.05) is 25.1 Å². The Balaban J connectivity index is 2.09. The van der Waals surface area contributed by atoms with Gasteiger partial charge in [-0.15, -0.1) is 0 Å². The van der Waals surface area contributed by atoms with Crippen molar-refractivity contribution >= 4 is 11.4 Å². The minimum atomic E-state index is -0.496. The van der Waals surface area contributed by atoms with E-state index in [9.17, 15) is 10.1 Å². The predicted molar refractivity (Wildman–Crippen MR) is 74.5 cm³/mol. The van der Waals surface area contributed by atoms with Crippen LogP contribution in [-0.2, 0) is 4.74 Å². The molecule has 20 heavy (non-hydrogen) atoms. The molecule has 1 aromatic rings. The van der Waals surface area contributed by atoms with Crippen molar-refractivity contribution in [2.45, 2.75) is 19.8 Å². The van der Waals surface area contributed by atoms with Gasteiger partial charge in [-0.2, -0.15) is 5.26 Å². The van der Waals surface area contributed by atoms with Crippen LogP contribution in [0.5, 0.6) is 0 Å². The number of nitrogens with zero attached hydrogens (tertiary/aromatic N) is 2. The first-order valence-corrected chi connectivity index (χ1v) is 6.54. The Morgan fingerprint density at radius 3 is 2.80 bits per heavy atom. The van der Waals surface area contributed by atoms with Gasteiger partial charge in [0.2, 0.25) is 0 Å². The molecule has 1 heterocycles. The maximum absolute atomic E-state index is 10.7. The summed E-state index contributed by atoms with van der Waals surface area (Å²) in [4.78, 5) is 10.2. The van der Waals surface area contributed by atoms with Crippen molar-refractivity contribution in [3.63, 3.8) is 0 Å². The maximum Gasteiger partial charge on any atom is 0.270 e. The molecule has 0 radical (unpaired) electrons. The summed E-state index contributed by atoms with van der Waals surface area (Å²) < 4.78 is 5.35. The van der Waals surface area contributed by atoms with E-state index in [0.717, 1.165) is 32.6 Å². The van der Waals surface area contributed by atoms with E-state index < -0.39 is 4.92 Å². The first-order chi connectivity index (χ1) is 9.54. The minimum absolute atomic E-state index is 0.0654. The molecule has 0 unspecified atom stereocenters. The number of hydrogen-bond acceptors (Lipinski definition) is 5. The van der Waals surface area contributed by atoms with E-state index in [-0.39, 0.29) is 11.1 Å². The molecule has 106 valence electrons. The lowest BCUT2D eigenvalue weighted by atomic mass is 9.82. The lowest BCUT2D eigenvalue weighted by Gasteiger charge is -2.34. The molecule has 0 aliphatic carbocycles. The first kappa shape index (κ1) is 14.3. The summed E-state index contributed by atoms with van der Waals surface area (Å²) in [5.74, 6) is 0. The average Bonchev–Trinajstić information content (AvgIpc) is 2.45. The van der Waals surface area contributed by atoms with Crippen LogP contribution in [0.2, 0.25) is 0 Å². The molecular formula is C14H17N3O3. The summed E-state index contributed by atoms with van der Waals surface area (Å²) in [5.41, 5.74) is 1.01. The van der Waals surface area contributed by atoms with Crippen LogP contribution in [0, 0.1) is 26.9 Å². The van der Waals surface area contributed by atoms with E-state index in [1.54, 1.807) is 6.07 Å². The predicted octanol–water partition coefficient (Wildman–Crippen LogP) is 2.70. The number of anilines is 1. The number of nitrogens with one attached hydrogen (secondary N) is 1. The van der Waals surface area contributed by atoms with Gasteiger partial charge in [0.05, 0.1) is 16.2 Å². The highest BCUT2D eigenvalue weighted by Gasteiger charge is 2.27. The molecule has 0 bridgehead atoms. The van der Waals surface area contributed by atoms with Gasteiger partial charge in [0, 0.05) is 31.9 Å². The smallest absolute Gasteiger partial charge is 0.270 e. The molecule has 1 saturated heterocycles. The van der Waals surface area contributed by atoms with Crippen LogP contribution in [0.15, 0.2) is 18.2 Å². The van der Waals surface area contributed by atoms with Crippen LogP contribution in [0.1, 0.15) is 25.3 Å². The zero-order valence-electron chi connectivity index (χ0n) is 11.4. The van der Waals surface area contributed by atoms with Crippen molar-refractivity contribution in [1.29, 1.82) is 5.26 Å². The summed E-state index contributed by atoms with van der Waals surface area (Å²) in [6.45, 7) is 4.41. The monoisotopic (exact) mass is 275 g/mol. The number of nitriles is 1. The Morgan fingerprint density at radius 2 is 2.20 bits per heavy atom. The number of rotatable bonds is 4. The lowest BCUT2D eigenvalue weighted by molar-refractivity contribution is -0.384. The minimum Gasteiger partial charge on any atom is -0.383 e. The van der Waals surface area contributed by atoms with Crippen molar-refractivity contribution in [2.24, 2.45) is 5.41 Å². The van der Waals surface area contributed by atoms with Gasteiger partial charge in [-0.1, -0.05) is 6.92 Å². The topological polar surface area (TPSA) is 88.2 Å². The molecule has 1 aromatic carbocycles. The van der Waals surface area contributed by atoms with Gasteiger partial charge >= 0.3 is 0 Å². The summed E-state index contributed by atoms with van der Waals surface area (Å²) >= 11 is 0. The van der Waals surface area contributed by atoms with E-state index >= 15 is 0 Å². The summed E-state index contributed by atoms with van der Waals surface area (Å²) in [7, 11) is 0. The Morgan fingerprint density at radius 1 is 1.50 bits per heavy atom. The van der Waals surface area contributed by atoms with Crippen molar-refractivity contribution < 1.29 is 9.66 Å². The van der Waals surface area contributed by atoms with Gasteiger partial charge in [0.1, 0.15) is 6.07 Å². The highest BCUT2D eigenvalue weighted by molar-refractivity contribution is 5.61. The van der Waals surface area contributed by atoms with Crippen molar-refractivity contribution in [3.8, 4) is 6.07 Å². The fraction of sp³-hybridized carbons (Fsp3) is 0.500. The number of benzene rings is 1. The molecule has 1 aliphatic rings. The third kappa shape index (κ3) is 3.25. The number of non-ortho nitro benzene ring substituents is 1. The second-order valence-corrected chi connectivity index (χ2v) is 5.38. The quantitative estimate of drug-likeness (QED) is 0.674. The number of ether oxygens (including phenoxy) is 1. The standard InChI is InChI=1S/C14H17N3O3/c1-14(4-6-20-7-5-14)10-16-13-3-2-12(17(18)19)8-11(13)9-15/h2-3,8,16H,4-7,10H2,1H3. The summed E-state index contributed by atoms with van der Waals surface area (Å²) in [6.07, 6.45) is 1.93. The van der Waals surface area contributed by atoms with Crippen LogP contribution in [0.3, 0.4) is 0 Å². The fourth-order valence-electron chi connectivity index (χ4n) is 2.24. The Bertz CT molecular complexity index is 545. The molecule has 0 aromatic heterocycles. The van der Waals surface area contributed by atoms with Crippen LogP contribution in [0.25, 0.3) is 0 Å². The maximum atomic E-state index is 10.7. The van der Waals surface area contributed by atoms with E-state index in [4.69, 9.17) is 10.00 Å². The number of hydrogen-bond donors (Lipinski definition) is 1. The lowest BCUT2D eigenvalue weighted by Crippen LogP contribution is -2.33. The van der Waals surface area contributed by atoms with Gasteiger partial charge in [-0.25, -0.2) is 0 Å². The second-order valence-electron chi connectivity index (χ2n) is 5.38. The van der Waals surface area contributed by atoms with Crippen LogP contribution < -0.4 is 5.32 Å². The highest BCUT2D eigenvalue weighted by Crippen LogP contribution is 2.31. The van der Waals surface area contributed by atoms with E-state index in [0.29, 0.717) is 11.3 Å². The molecule has 1 fully saturated rings. The van der Waals surface area contributed by atoms with Crippen molar-refractivity contribution in [3.05, 3.63) is 33.9 Å². The van der Waals surface area contributed by atoms with Crippen LogP contribution in [-0.4, -0.2) is 24.7 Å². The normalized spacial score (nSPS) is 17.2. The van der Waals surface area contributed by atoms with E-state index in [2.05, 4.69) is 12.2 Å². The van der Waals surface area contributed by atoms with E-state index in [1.165, 1.54) is 12.1 Å². The van der Waals surface area contributed by atoms with Gasteiger partial charge < -0.3 is 10.1 Å². The molecule has 0 saturated carbocycles. The fourth-order valence-corrected chi connectivity index (χ4v) is 2.24. The molecule has 1 N–H and O–H groups in total. The Labute approximate surface area is 117 Å². The van der Waals surface area contributed by atoms with Crippen molar-refractivity contribution in [1.82, 2.24) is 0 Å². The molecule has 0 amide bonds. The Hall–Kier alpha value is -2.13. The molecule has 6 nitrogen and oxygen atoms in total. The average molecular weight is 275 g/mol. The molecule has 2 rings (SSSR count). The largest absolute Gasteiger partial charge is 0.383 e. The summed E-state index contributed by atoms with van der Waals surface area (Å²) in [5, 5.41) is 23.0. The van der Waals surface area contributed by atoms with Gasteiger partial charge in [-0.3, -0.25) is 10.1 Å². The Kier molecular flexibility index (Phi) is 4.20. The van der Waals surface area contributed by atoms with Gasteiger partial charge in [0.15, 0.2) is 0 Å². The third-order valence-electron chi connectivity index (χ3n) is 3.74. The zero-order valence-corrected chi connectivity index (χ0v) is 11.4. The number of nitro benzene ring substituents is 1. The highest BCUT2D eigenvalue weighted by atomic mass is 16.6. The van der Waals surface area contributed by atoms with Crippen LogP contribution in [0.4, 0.5) is 11.4 Å². The molecule has 1 aliphatic heterocycles. The molecule has 0 atom stereocenters. The van der Waals surface area contributed by atoms with Gasteiger partial charge in [-0.05, 0) is 24.3 Å². The summed E-state index contributed by atoms with van der Waals surface area (Å²) in [6, 6.07) is 6.31. The first-order valence-electron chi connectivity index (χ1n) is 6.54.